The van der Waals surface area contributed by atoms with Crippen LogP contribution >= 0.6 is 0 Å². The number of carboxylic acid groups (broad SMARTS) is 6. The summed E-state index contributed by atoms with van der Waals surface area (Å²) in [5, 5.41) is 48.4. The van der Waals surface area contributed by atoms with Crippen LogP contribution in [0.2, 0.25) is 0 Å². The van der Waals surface area contributed by atoms with Gasteiger partial charge in [-0.2, -0.15) is 0 Å². The summed E-state index contributed by atoms with van der Waals surface area (Å²) < 4.78 is 0. The van der Waals surface area contributed by atoms with Gasteiger partial charge in [-0.3, -0.25) is 29.0 Å². The Morgan fingerprint density at radius 3 is 0.769 bits per heavy atom. The smallest absolute Gasteiger partial charge is 0.480 e. The van der Waals surface area contributed by atoms with Gasteiger partial charge in [0.05, 0.1) is 26.2 Å². The zero-order valence-electron chi connectivity index (χ0n) is 13.8. The van der Waals surface area contributed by atoms with Gasteiger partial charge in [0.1, 0.15) is 0 Å². The highest BCUT2D eigenvalue weighted by atomic mass is 16.6. The van der Waals surface area contributed by atoms with Crippen molar-refractivity contribution in [3.63, 3.8) is 0 Å². The molecule has 0 heterocycles. The number of aliphatic carboxylic acids is 4. The monoisotopic (exact) mass is 388 g/mol. The molecule has 0 fully saturated rings. The Bertz CT molecular complexity index is 399. The summed E-state index contributed by atoms with van der Waals surface area (Å²) in [5.74, 6) is -4.91. The lowest BCUT2D eigenvalue weighted by atomic mass is 10.4. The Morgan fingerprint density at radius 1 is 0.500 bits per heavy atom. The highest BCUT2D eigenvalue weighted by Gasteiger charge is 2.17. The van der Waals surface area contributed by atoms with Crippen molar-refractivity contribution in [3.05, 3.63) is 0 Å². The number of carbonyl (C=O) groups is 5. The molecule has 0 radical (unpaired) electrons. The van der Waals surface area contributed by atoms with E-state index in [2.05, 4.69) is 0 Å². The largest absolute Gasteiger partial charge is 0.503 e. The highest BCUT2D eigenvalue weighted by molar-refractivity contribution is 5.73. The lowest BCUT2D eigenvalue weighted by Crippen LogP contribution is -2.43. The lowest BCUT2D eigenvalue weighted by molar-refractivity contribution is -0.145. The minimum atomic E-state index is -1.83. The average molecular weight is 388 g/mol. The molecule has 0 aromatic carbocycles. The fraction of sp³-hybridized carbons (Fsp3) is 0.545. The van der Waals surface area contributed by atoms with Gasteiger partial charge < -0.3 is 42.9 Å². The van der Waals surface area contributed by atoms with E-state index >= 15 is 0 Å². The molecule has 0 rings (SSSR count). The minimum Gasteiger partial charge on any atom is -0.480 e. The second-order valence-electron chi connectivity index (χ2n) is 4.28. The zero-order chi connectivity index (χ0) is 19.3. The highest BCUT2D eigenvalue weighted by Crippen LogP contribution is 1.94. The quantitative estimate of drug-likeness (QED) is 0.199. The van der Waals surface area contributed by atoms with Gasteiger partial charge in [-0.05, 0) is 0 Å². The summed E-state index contributed by atoms with van der Waals surface area (Å²) in [5.41, 5.74) is 0. The van der Waals surface area contributed by atoms with Gasteiger partial charge in [0.2, 0.25) is 0 Å². The summed E-state index contributed by atoms with van der Waals surface area (Å²) in [4.78, 5) is 52.9. The number of carboxylic acids is 4. The van der Waals surface area contributed by atoms with Crippen molar-refractivity contribution in [1.29, 1.82) is 0 Å². The van der Waals surface area contributed by atoms with Crippen LogP contribution in [0.4, 0.5) is 4.79 Å². The first-order valence-electron chi connectivity index (χ1n) is 6.17. The summed E-state index contributed by atoms with van der Waals surface area (Å²) in [6.45, 7) is -2.25. The Labute approximate surface area is 147 Å². The molecule has 0 spiro atoms. The van der Waals surface area contributed by atoms with Crippen molar-refractivity contribution in [2.75, 3.05) is 39.3 Å². The Morgan fingerprint density at radius 2 is 0.654 bits per heavy atom. The summed E-state index contributed by atoms with van der Waals surface area (Å²) >= 11 is 0. The predicted molar refractivity (Wildman–Crippen MR) is 84.1 cm³/mol. The minimum absolute atomic E-state index is 0. The van der Waals surface area contributed by atoms with Crippen LogP contribution in [-0.2, 0) is 19.2 Å². The average Bonchev–Trinajstić information content (AvgIpc) is 2.32. The zero-order valence-corrected chi connectivity index (χ0v) is 13.8. The van der Waals surface area contributed by atoms with Crippen LogP contribution in [-0.4, -0.2) is 110 Å². The first kappa shape index (κ1) is 30.8. The van der Waals surface area contributed by atoms with Gasteiger partial charge >= 0.3 is 30.0 Å². The maximum absolute atomic E-state index is 10.6. The molecule has 0 amide bonds. The van der Waals surface area contributed by atoms with Crippen LogP contribution in [0.25, 0.3) is 0 Å². The van der Waals surface area contributed by atoms with Gasteiger partial charge in [-0.25, -0.2) is 4.79 Å². The van der Waals surface area contributed by atoms with Gasteiger partial charge in [0.15, 0.2) is 0 Å². The van der Waals surface area contributed by atoms with E-state index in [4.69, 9.17) is 35.4 Å². The van der Waals surface area contributed by atoms with E-state index in [1.807, 2.05) is 0 Å². The third kappa shape index (κ3) is 25.9. The molecule has 15 nitrogen and oxygen atoms in total. The molecule has 0 unspecified atom stereocenters. The molecule has 0 aliphatic heterocycles. The van der Waals surface area contributed by atoms with Gasteiger partial charge in [-0.15, -0.1) is 0 Å². The number of hydrogen-bond acceptors (Lipinski definition) is 9. The van der Waals surface area contributed by atoms with E-state index in [0.29, 0.717) is 0 Å². The van der Waals surface area contributed by atoms with Crippen molar-refractivity contribution in [2.24, 2.45) is 0 Å². The molecular weight excluding hydrogens is 364 g/mol. The molecular formula is C11H24N4O11. The SMILES string of the molecule is N.N.O=C(O)CN(CCN(CC(=O)O)CC(=O)O)CC(=O)O.O=C(O)O. The maximum atomic E-state index is 10.6. The molecule has 0 aromatic rings. The fourth-order valence-corrected chi connectivity index (χ4v) is 1.48. The summed E-state index contributed by atoms with van der Waals surface area (Å²) in [6, 6.07) is 0. The lowest BCUT2D eigenvalue weighted by Gasteiger charge is -2.23. The van der Waals surface area contributed by atoms with E-state index in [1.54, 1.807) is 0 Å². The van der Waals surface area contributed by atoms with Gasteiger partial charge in [-0.1, -0.05) is 0 Å². The van der Waals surface area contributed by atoms with Crippen LogP contribution in [0.1, 0.15) is 0 Å². The number of rotatable bonds is 11. The second kappa shape index (κ2) is 16.8. The van der Waals surface area contributed by atoms with Gasteiger partial charge in [0.25, 0.3) is 0 Å². The van der Waals surface area contributed by atoms with Crippen LogP contribution in [0.5, 0.6) is 0 Å². The topological polar surface area (TPSA) is 283 Å². The third-order valence-corrected chi connectivity index (χ3v) is 2.17. The van der Waals surface area contributed by atoms with Gasteiger partial charge in [0, 0.05) is 13.1 Å². The molecule has 0 aliphatic rings. The predicted octanol–water partition coefficient (Wildman–Crippen LogP) is -1.52. The molecule has 154 valence electrons. The molecule has 0 aromatic heterocycles. The molecule has 12 N–H and O–H groups in total. The molecule has 15 heteroatoms. The first-order valence-corrected chi connectivity index (χ1v) is 6.17. The maximum Gasteiger partial charge on any atom is 0.503 e. The van der Waals surface area contributed by atoms with E-state index in [9.17, 15) is 19.2 Å². The van der Waals surface area contributed by atoms with E-state index < -0.39 is 56.2 Å². The normalized spacial score (nSPS) is 9.15. The number of hydrogen-bond donors (Lipinski definition) is 8. The summed E-state index contributed by atoms with van der Waals surface area (Å²) in [7, 11) is 0. The van der Waals surface area contributed by atoms with Crippen LogP contribution in [0.3, 0.4) is 0 Å². The van der Waals surface area contributed by atoms with Crippen molar-refractivity contribution >= 4 is 30.0 Å². The summed E-state index contributed by atoms with van der Waals surface area (Å²) in [6.07, 6.45) is -1.83. The van der Waals surface area contributed by atoms with Crippen LogP contribution < -0.4 is 12.3 Å². The molecule has 0 bridgehead atoms. The Balaban J connectivity index is -0.000000363. The van der Waals surface area contributed by atoms with Crippen LogP contribution in [0.15, 0.2) is 0 Å². The number of nitrogens with zero attached hydrogens (tertiary/aromatic N) is 2. The van der Waals surface area contributed by atoms with Crippen LogP contribution in [0, 0.1) is 0 Å². The van der Waals surface area contributed by atoms with Crippen molar-refractivity contribution < 1.29 is 54.6 Å². The van der Waals surface area contributed by atoms with Crippen molar-refractivity contribution in [1.82, 2.24) is 22.1 Å². The van der Waals surface area contributed by atoms with E-state index in [-0.39, 0.29) is 25.4 Å². The molecule has 0 saturated heterocycles. The Hall–Kier alpha value is -3.01. The standard InChI is InChI=1S/C10H16N2O8.CH2O3.2H3N/c13-7(14)3-11(4-8(15)16)1-2-12(5-9(17)18)6-10(19)20;2-1(3)4;;/h1-6H2,(H,13,14)(H,15,16)(H,17,18)(H,19,20);(H2,2,3,4);2*1H3. The second-order valence-corrected chi connectivity index (χ2v) is 4.28. The Kier molecular flexibility index (Phi) is 20.0. The first-order chi connectivity index (χ1) is 10.9. The van der Waals surface area contributed by atoms with E-state index in [0.717, 1.165) is 9.80 Å². The van der Waals surface area contributed by atoms with E-state index in [1.165, 1.54) is 0 Å². The molecule has 0 aliphatic carbocycles. The fourth-order valence-electron chi connectivity index (χ4n) is 1.48. The third-order valence-electron chi connectivity index (χ3n) is 2.17. The molecule has 26 heavy (non-hydrogen) atoms. The molecule has 0 atom stereocenters. The van der Waals surface area contributed by atoms with Crippen molar-refractivity contribution in [2.45, 2.75) is 0 Å². The molecule has 0 saturated carbocycles. The van der Waals surface area contributed by atoms with Crippen molar-refractivity contribution in [3.8, 4) is 0 Å².